The highest BCUT2D eigenvalue weighted by Crippen LogP contribution is 2.36. The normalized spacial score (nSPS) is 19.7. The first-order valence-electron chi connectivity index (χ1n) is 10.6. The summed E-state index contributed by atoms with van der Waals surface area (Å²) in [7, 11) is 0. The van der Waals surface area contributed by atoms with Crippen molar-refractivity contribution in [3.63, 3.8) is 0 Å². The van der Waals surface area contributed by atoms with Crippen molar-refractivity contribution >= 4 is 11.6 Å². The summed E-state index contributed by atoms with van der Waals surface area (Å²) in [6.45, 7) is 2.15. The second-order valence-corrected chi connectivity index (χ2v) is 8.34. The molecule has 2 aliphatic rings. The molecule has 2 aromatic heterocycles. The van der Waals surface area contributed by atoms with Crippen molar-refractivity contribution in [2.24, 2.45) is 5.92 Å². The lowest BCUT2D eigenvalue weighted by Crippen LogP contribution is -2.49. The van der Waals surface area contributed by atoms with Crippen LogP contribution in [0.25, 0.3) is 0 Å². The summed E-state index contributed by atoms with van der Waals surface area (Å²) in [6.07, 6.45) is 1.00. The molecule has 1 aromatic carbocycles. The number of benzene rings is 1. The third-order valence-corrected chi connectivity index (χ3v) is 6.24. The van der Waals surface area contributed by atoms with Crippen LogP contribution in [-0.2, 0) is 19.7 Å². The fraction of sp³-hybridized carbons (Fsp3) is 0.333. The topological polar surface area (TPSA) is 87.7 Å². The molecule has 2 N–H and O–H groups in total. The highest BCUT2D eigenvalue weighted by atomic mass is 16.4. The lowest BCUT2D eigenvalue weighted by atomic mass is 9.83. The van der Waals surface area contributed by atoms with Gasteiger partial charge in [0.25, 0.3) is 11.5 Å². The van der Waals surface area contributed by atoms with Crippen molar-refractivity contribution < 1.29 is 14.3 Å². The third kappa shape index (κ3) is 3.77. The Balaban J connectivity index is 1.34. The number of nitrogens with one attached hydrogen (secondary N) is 1. The van der Waals surface area contributed by atoms with Crippen molar-refractivity contribution in [3.8, 4) is 0 Å². The molecule has 2 atom stereocenters. The maximum atomic E-state index is 13.1. The zero-order chi connectivity index (χ0) is 21.4. The average molecular weight is 419 g/mol. The minimum Gasteiger partial charge on any atom is -0.462 e. The number of nitrogens with zero attached hydrogens (tertiary/aromatic N) is 2. The molecule has 0 saturated carbocycles. The number of rotatable bonds is 5. The molecule has 160 valence electrons. The molecule has 3 aromatic rings. The summed E-state index contributed by atoms with van der Waals surface area (Å²) in [5, 5.41) is 12.3. The Morgan fingerprint density at radius 3 is 2.61 bits per heavy atom. The Morgan fingerprint density at radius 1 is 1.03 bits per heavy atom. The van der Waals surface area contributed by atoms with Crippen LogP contribution in [0.2, 0.25) is 0 Å². The van der Waals surface area contributed by atoms with Crippen LogP contribution in [0.3, 0.4) is 0 Å². The lowest BCUT2D eigenvalue weighted by Gasteiger charge is -2.43. The van der Waals surface area contributed by atoms with Crippen molar-refractivity contribution in [2.45, 2.75) is 32.0 Å². The van der Waals surface area contributed by atoms with Gasteiger partial charge in [-0.25, -0.2) is 0 Å². The van der Waals surface area contributed by atoms with E-state index in [1.165, 1.54) is 0 Å². The zero-order valence-electron chi connectivity index (χ0n) is 17.2. The van der Waals surface area contributed by atoms with Crippen LogP contribution in [0.15, 0.2) is 63.8 Å². The Hall–Kier alpha value is -3.32. The number of pyridine rings is 1. The van der Waals surface area contributed by atoms with Crippen LogP contribution in [-0.4, -0.2) is 33.6 Å². The predicted octanol–water partition coefficient (Wildman–Crippen LogP) is 2.81. The molecule has 7 nitrogen and oxygen atoms in total. The van der Waals surface area contributed by atoms with E-state index in [4.69, 9.17) is 9.52 Å². The first-order chi connectivity index (χ1) is 15.1. The van der Waals surface area contributed by atoms with Crippen LogP contribution in [0.1, 0.15) is 39.9 Å². The Labute approximate surface area is 179 Å². The molecule has 5 rings (SSSR count). The smallest absolute Gasteiger partial charge is 0.274 e. The SMILES string of the molecule is O=C(c1ccccc1)N1C[C@@H]2C[C@H](C1)c1ccc(NCc3ccc(CO)o3)c(=O)n1C2. The molecule has 1 fully saturated rings. The summed E-state index contributed by atoms with van der Waals surface area (Å²) < 4.78 is 7.35. The van der Waals surface area contributed by atoms with E-state index in [2.05, 4.69) is 5.32 Å². The third-order valence-electron chi connectivity index (χ3n) is 6.24. The number of aliphatic hydroxyl groups excluding tert-OH is 1. The average Bonchev–Trinajstić information content (AvgIpc) is 3.27. The Kier molecular flexibility index (Phi) is 5.11. The number of anilines is 1. The number of furan rings is 1. The monoisotopic (exact) mass is 419 g/mol. The summed E-state index contributed by atoms with van der Waals surface area (Å²) >= 11 is 0. The summed E-state index contributed by atoms with van der Waals surface area (Å²) in [5.41, 5.74) is 2.20. The van der Waals surface area contributed by atoms with Gasteiger partial charge < -0.3 is 24.3 Å². The fourth-order valence-corrected chi connectivity index (χ4v) is 4.79. The van der Waals surface area contributed by atoms with Gasteiger partial charge in [-0.2, -0.15) is 0 Å². The van der Waals surface area contributed by atoms with Gasteiger partial charge in [0.2, 0.25) is 0 Å². The van der Waals surface area contributed by atoms with E-state index in [0.29, 0.717) is 49.0 Å². The largest absolute Gasteiger partial charge is 0.462 e. The zero-order valence-corrected chi connectivity index (χ0v) is 17.2. The van der Waals surface area contributed by atoms with Gasteiger partial charge >= 0.3 is 0 Å². The molecule has 0 unspecified atom stereocenters. The number of likely N-dealkylation sites (tertiary alicyclic amines) is 1. The molecule has 1 amide bonds. The van der Waals surface area contributed by atoms with E-state index in [-0.39, 0.29) is 29.9 Å². The minimum absolute atomic E-state index is 0.0380. The number of piperidine rings is 1. The molecule has 0 radical (unpaired) electrons. The van der Waals surface area contributed by atoms with Gasteiger partial charge in [0.1, 0.15) is 23.8 Å². The minimum atomic E-state index is -0.145. The first kappa shape index (κ1) is 19.6. The van der Waals surface area contributed by atoms with E-state index < -0.39 is 0 Å². The fourth-order valence-electron chi connectivity index (χ4n) is 4.79. The number of aliphatic hydroxyl groups is 1. The van der Waals surface area contributed by atoms with Gasteiger partial charge in [0, 0.05) is 36.8 Å². The molecule has 2 aliphatic heterocycles. The number of carbonyl (C=O) groups excluding carboxylic acids is 1. The van der Waals surface area contributed by atoms with Gasteiger partial charge in [-0.1, -0.05) is 18.2 Å². The second-order valence-electron chi connectivity index (χ2n) is 8.34. The van der Waals surface area contributed by atoms with E-state index in [9.17, 15) is 9.59 Å². The Bertz CT molecular complexity index is 1150. The lowest BCUT2D eigenvalue weighted by molar-refractivity contribution is 0.0594. The molecule has 31 heavy (non-hydrogen) atoms. The Morgan fingerprint density at radius 2 is 1.84 bits per heavy atom. The van der Waals surface area contributed by atoms with E-state index in [1.807, 2.05) is 51.9 Å². The summed E-state index contributed by atoms with van der Waals surface area (Å²) in [4.78, 5) is 28.0. The standard InChI is InChI=1S/C24H25N3O4/c28-15-20-7-6-19(31-20)11-25-21-8-9-22-18-10-16(13-27(22)24(21)30)12-26(14-18)23(29)17-4-2-1-3-5-17/h1-9,16,18,25,28H,10-15H2/t16-,18+/m0/s1. The van der Waals surface area contributed by atoms with Gasteiger partial charge in [0.05, 0.1) is 6.54 Å². The quantitative estimate of drug-likeness (QED) is 0.664. The molecule has 0 aliphatic carbocycles. The second kappa shape index (κ2) is 8.07. The van der Waals surface area contributed by atoms with Gasteiger partial charge in [-0.3, -0.25) is 9.59 Å². The maximum absolute atomic E-state index is 13.1. The first-order valence-corrected chi connectivity index (χ1v) is 10.6. The number of amides is 1. The molecule has 2 bridgehead atoms. The van der Waals surface area contributed by atoms with Crippen LogP contribution in [0, 0.1) is 5.92 Å². The molecule has 0 spiro atoms. The number of fused-ring (bicyclic) bond motifs is 4. The van der Waals surface area contributed by atoms with Gasteiger partial charge in [0.15, 0.2) is 0 Å². The highest BCUT2D eigenvalue weighted by molar-refractivity contribution is 5.94. The van der Waals surface area contributed by atoms with Crippen molar-refractivity contribution in [1.29, 1.82) is 0 Å². The van der Waals surface area contributed by atoms with E-state index in [1.54, 1.807) is 12.1 Å². The van der Waals surface area contributed by atoms with Crippen LogP contribution in [0.5, 0.6) is 0 Å². The van der Waals surface area contributed by atoms with Crippen LogP contribution < -0.4 is 10.9 Å². The maximum Gasteiger partial charge on any atom is 0.274 e. The predicted molar refractivity (Wildman–Crippen MR) is 116 cm³/mol. The number of carbonyl (C=O) groups is 1. The van der Waals surface area contributed by atoms with E-state index >= 15 is 0 Å². The van der Waals surface area contributed by atoms with Crippen molar-refractivity contribution in [1.82, 2.24) is 9.47 Å². The summed E-state index contributed by atoms with van der Waals surface area (Å²) in [5.74, 6) is 1.66. The highest BCUT2D eigenvalue weighted by Gasteiger charge is 2.36. The van der Waals surface area contributed by atoms with Crippen LogP contribution in [0.4, 0.5) is 5.69 Å². The molecular formula is C24H25N3O4. The van der Waals surface area contributed by atoms with Gasteiger partial charge in [-0.05, 0) is 48.7 Å². The van der Waals surface area contributed by atoms with Crippen molar-refractivity contribution in [2.75, 3.05) is 18.4 Å². The van der Waals surface area contributed by atoms with E-state index in [0.717, 1.165) is 12.1 Å². The van der Waals surface area contributed by atoms with Gasteiger partial charge in [-0.15, -0.1) is 0 Å². The molecule has 1 saturated heterocycles. The van der Waals surface area contributed by atoms with Crippen molar-refractivity contribution in [3.05, 3.63) is 87.7 Å². The number of hydrogen-bond donors (Lipinski definition) is 2. The number of aromatic nitrogens is 1. The molecular weight excluding hydrogens is 394 g/mol. The number of hydrogen-bond acceptors (Lipinski definition) is 5. The van der Waals surface area contributed by atoms with Crippen LogP contribution >= 0.6 is 0 Å². The molecule has 7 heteroatoms. The molecule has 4 heterocycles. The summed E-state index contributed by atoms with van der Waals surface area (Å²) in [6, 6.07) is 16.7.